The minimum Gasteiger partial charge on any atom is -0.379 e. The third-order valence-corrected chi connectivity index (χ3v) is 4.68. The van der Waals surface area contributed by atoms with Crippen molar-refractivity contribution >= 4 is 28.2 Å². The van der Waals surface area contributed by atoms with E-state index in [2.05, 4.69) is 25.4 Å². The fourth-order valence-corrected chi connectivity index (χ4v) is 3.19. The number of nitrogens with one attached hydrogen (secondary N) is 3. The average Bonchev–Trinajstić information content (AvgIpc) is 3.11. The van der Waals surface area contributed by atoms with Crippen molar-refractivity contribution in [3.8, 4) is 0 Å². The van der Waals surface area contributed by atoms with Crippen molar-refractivity contribution in [1.29, 1.82) is 0 Å². The van der Waals surface area contributed by atoms with Crippen LogP contribution >= 0.6 is 0 Å². The lowest BCUT2D eigenvalue weighted by Crippen LogP contribution is -2.37. The Kier molecular flexibility index (Phi) is 4.99. The van der Waals surface area contributed by atoms with E-state index in [1.54, 1.807) is 0 Å². The zero-order valence-corrected chi connectivity index (χ0v) is 14.8. The van der Waals surface area contributed by atoms with Gasteiger partial charge < -0.3 is 10.1 Å². The normalized spacial score (nSPS) is 15.1. The van der Waals surface area contributed by atoms with E-state index in [0.717, 1.165) is 54.9 Å². The van der Waals surface area contributed by atoms with Crippen molar-refractivity contribution in [2.24, 2.45) is 0 Å². The largest absolute Gasteiger partial charge is 0.379 e. The number of benzene rings is 2. The summed E-state index contributed by atoms with van der Waals surface area (Å²) in [5.41, 5.74) is 1.17. The second-order valence-electron chi connectivity index (χ2n) is 6.56. The van der Waals surface area contributed by atoms with E-state index in [1.807, 2.05) is 36.4 Å². The van der Waals surface area contributed by atoms with Crippen LogP contribution in [0.5, 0.6) is 0 Å². The zero-order valence-electron chi connectivity index (χ0n) is 14.8. The highest BCUT2D eigenvalue weighted by atomic mass is 16.5. The quantitative estimate of drug-likeness (QED) is 0.575. The van der Waals surface area contributed by atoms with Gasteiger partial charge in [0, 0.05) is 37.3 Å². The van der Waals surface area contributed by atoms with E-state index >= 15 is 0 Å². The molecule has 1 aliphatic rings. The standard InChI is InChI=1S/C19H21N5O3/c25-17(5-6-24-7-9-27-10-8-24)15-2-1-14-12-16(4-3-13(14)11-15)20-18-21-19(26)23-22-18/h1-4,11-12H,5-10H2,(H3,20,21,22,23,26). The number of ether oxygens (including phenoxy) is 1. The van der Waals surface area contributed by atoms with E-state index in [0.29, 0.717) is 12.4 Å². The summed E-state index contributed by atoms with van der Waals surface area (Å²) in [6.07, 6.45) is 0.512. The molecule has 0 amide bonds. The maximum Gasteiger partial charge on any atom is 0.342 e. The molecule has 1 aromatic heterocycles. The van der Waals surface area contributed by atoms with Gasteiger partial charge in [-0.05, 0) is 29.0 Å². The van der Waals surface area contributed by atoms with E-state index in [9.17, 15) is 9.59 Å². The molecule has 0 saturated carbocycles. The van der Waals surface area contributed by atoms with Gasteiger partial charge in [-0.1, -0.05) is 18.2 Å². The smallest absolute Gasteiger partial charge is 0.342 e. The first-order valence-electron chi connectivity index (χ1n) is 8.96. The number of anilines is 2. The van der Waals surface area contributed by atoms with Crippen LogP contribution in [0, 0.1) is 0 Å². The number of aromatic nitrogens is 3. The monoisotopic (exact) mass is 367 g/mol. The van der Waals surface area contributed by atoms with Gasteiger partial charge >= 0.3 is 5.69 Å². The number of Topliss-reactive ketones (excluding diaryl/α,β-unsaturated/α-hetero) is 1. The van der Waals surface area contributed by atoms with Gasteiger partial charge in [0.1, 0.15) is 0 Å². The van der Waals surface area contributed by atoms with Crippen LogP contribution in [0.15, 0.2) is 41.2 Å². The second kappa shape index (κ2) is 7.73. The molecule has 0 spiro atoms. The molecule has 140 valence electrons. The van der Waals surface area contributed by atoms with Crippen molar-refractivity contribution in [2.45, 2.75) is 6.42 Å². The predicted molar refractivity (Wildman–Crippen MR) is 103 cm³/mol. The number of morpholine rings is 1. The molecule has 2 heterocycles. The van der Waals surface area contributed by atoms with Gasteiger partial charge in [0.2, 0.25) is 5.95 Å². The number of carbonyl (C=O) groups excluding carboxylic acids is 1. The maximum atomic E-state index is 12.5. The van der Waals surface area contributed by atoms with Gasteiger partial charge in [-0.25, -0.2) is 9.89 Å². The summed E-state index contributed by atoms with van der Waals surface area (Å²) in [6.45, 7) is 4.04. The van der Waals surface area contributed by atoms with Crippen molar-refractivity contribution in [3.05, 3.63) is 52.4 Å². The number of hydrogen-bond donors (Lipinski definition) is 3. The number of fused-ring (bicyclic) bond motifs is 1. The Bertz CT molecular complexity index is 1000. The van der Waals surface area contributed by atoms with Gasteiger partial charge in [0.25, 0.3) is 0 Å². The number of aromatic amines is 2. The molecule has 27 heavy (non-hydrogen) atoms. The lowest BCUT2D eigenvalue weighted by atomic mass is 10.0. The van der Waals surface area contributed by atoms with E-state index < -0.39 is 0 Å². The van der Waals surface area contributed by atoms with Gasteiger partial charge in [-0.2, -0.15) is 0 Å². The molecule has 2 aromatic carbocycles. The van der Waals surface area contributed by atoms with Crippen LogP contribution in [-0.4, -0.2) is 58.7 Å². The predicted octanol–water partition coefficient (Wildman–Crippen LogP) is 1.90. The first kappa shape index (κ1) is 17.4. The van der Waals surface area contributed by atoms with Crippen molar-refractivity contribution < 1.29 is 9.53 Å². The van der Waals surface area contributed by atoms with E-state index in [-0.39, 0.29) is 11.5 Å². The minimum absolute atomic E-state index is 0.152. The molecule has 4 rings (SSSR count). The highest BCUT2D eigenvalue weighted by molar-refractivity contribution is 6.00. The van der Waals surface area contributed by atoms with Crippen molar-refractivity contribution in [1.82, 2.24) is 20.1 Å². The Morgan fingerprint density at radius 2 is 1.93 bits per heavy atom. The summed E-state index contributed by atoms with van der Waals surface area (Å²) in [5.74, 6) is 0.508. The van der Waals surface area contributed by atoms with Crippen LogP contribution in [0.2, 0.25) is 0 Å². The van der Waals surface area contributed by atoms with Crippen LogP contribution in [0.25, 0.3) is 10.8 Å². The fraction of sp³-hybridized carbons (Fsp3) is 0.316. The molecule has 0 unspecified atom stereocenters. The lowest BCUT2D eigenvalue weighted by molar-refractivity contribution is 0.0370. The number of H-pyrrole nitrogens is 2. The number of carbonyl (C=O) groups is 1. The third kappa shape index (κ3) is 4.24. The van der Waals surface area contributed by atoms with Crippen LogP contribution in [0.1, 0.15) is 16.8 Å². The zero-order chi connectivity index (χ0) is 18.6. The number of ketones is 1. The minimum atomic E-state index is -0.362. The molecule has 0 aliphatic carbocycles. The molecule has 1 aliphatic heterocycles. The first-order chi connectivity index (χ1) is 13.2. The third-order valence-electron chi connectivity index (χ3n) is 4.68. The van der Waals surface area contributed by atoms with E-state index in [4.69, 9.17) is 4.74 Å². The highest BCUT2D eigenvalue weighted by Gasteiger charge is 2.13. The second-order valence-corrected chi connectivity index (χ2v) is 6.56. The maximum absolute atomic E-state index is 12.5. The lowest BCUT2D eigenvalue weighted by Gasteiger charge is -2.26. The first-order valence-corrected chi connectivity index (χ1v) is 8.96. The van der Waals surface area contributed by atoms with Crippen LogP contribution in [-0.2, 0) is 4.74 Å². The molecular formula is C19H21N5O3. The number of nitrogens with zero attached hydrogens (tertiary/aromatic N) is 2. The molecule has 8 nitrogen and oxygen atoms in total. The molecular weight excluding hydrogens is 346 g/mol. The molecule has 3 aromatic rings. The van der Waals surface area contributed by atoms with Gasteiger partial charge in [-0.15, -0.1) is 5.10 Å². The van der Waals surface area contributed by atoms with Crippen LogP contribution < -0.4 is 11.0 Å². The SMILES string of the molecule is O=C(CCN1CCOCC1)c1ccc2cc(Nc3n[nH]c(=O)[nH]3)ccc2c1. The Labute approximate surface area is 155 Å². The van der Waals surface area contributed by atoms with Crippen molar-refractivity contribution in [2.75, 3.05) is 38.2 Å². The summed E-state index contributed by atoms with van der Waals surface area (Å²) in [4.78, 5) is 28.4. The summed E-state index contributed by atoms with van der Waals surface area (Å²) >= 11 is 0. The number of hydrogen-bond acceptors (Lipinski definition) is 6. The van der Waals surface area contributed by atoms with Gasteiger partial charge in [-0.3, -0.25) is 14.7 Å². The Balaban J connectivity index is 1.44. The average molecular weight is 367 g/mol. The Morgan fingerprint density at radius 3 is 2.70 bits per heavy atom. The number of rotatable bonds is 6. The summed E-state index contributed by atoms with van der Waals surface area (Å²) in [6, 6.07) is 11.5. The van der Waals surface area contributed by atoms with Crippen LogP contribution in [0.4, 0.5) is 11.6 Å². The van der Waals surface area contributed by atoms with Gasteiger partial charge in [0.15, 0.2) is 5.78 Å². The summed E-state index contributed by atoms with van der Waals surface area (Å²) in [7, 11) is 0. The molecule has 0 atom stereocenters. The van der Waals surface area contributed by atoms with Crippen molar-refractivity contribution in [3.63, 3.8) is 0 Å². The van der Waals surface area contributed by atoms with Gasteiger partial charge in [0.05, 0.1) is 13.2 Å². The molecule has 3 N–H and O–H groups in total. The molecule has 0 radical (unpaired) electrons. The molecule has 8 heteroatoms. The highest BCUT2D eigenvalue weighted by Crippen LogP contribution is 2.22. The summed E-state index contributed by atoms with van der Waals surface area (Å²) in [5, 5.41) is 11.2. The Hall–Kier alpha value is -2.97. The molecule has 1 saturated heterocycles. The van der Waals surface area contributed by atoms with Crippen LogP contribution in [0.3, 0.4) is 0 Å². The topological polar surface area (TPSA) is 103 Å². The molecule has 0 bridgehead atoms. The fourth-order valence-electron chi connectivity index (χ4n) is 3.19. The Morgan fingerprint density at radius 1 is 1.15 bits per heavy atom. The molecule has 1 fully saturated rings. The van der Waals surface area contributed by atoms with E-state index in [1.165, 1.54) is 0 Å². The summed E-state index contributed by atoms with van der Waals surface area (Å²) < 4.78 is 5.33.